The number of aliphatic carboxylic acids is 1. The smallest absolute Gasteiger partial charge is 0.305 e. The lowest BCUT2D eigenvalue weighted by atomic mass is 9.74. The molecule has 0 saturated heterocycles. The van der Waals surface area contributed by atoms with Gasteiger partial charge in [0.25, 0.3) is 0 Å². The highest BCUT2D eigenvalue weighted by Gasteiger charge is 2.35. The number of ether oxygens (including phenoxy) is 1. The fourth-order valence-corrected chi connectivity index (χ4v) is 2.60. The zero-order valence-electron chi connectivity index (χ0n) is 10.9. The second-order valence-corrected chi connectivity index (χ2v) is 5.46. The normalized spacial score (nSPS) is 29.5. The predicted octanol–water partition coefficient (Wildman–Crippen LogP) is 2.02. The molecule has 1 fully saturated rings. The van der Waals surface area contributed by atoms with Crippen molar-refractivity contribution in [1.29, 1.82) is 0 Å². The van der Waals surface area contributed by atoms with Crippen molar-refractivity contribution in [2.45, 2.75) is 51.6 Å². The van der Waals surface area contributed by atoms with E-state index in [1.54, 1.807) is 0 Å². The van der Waals surface area contributed by atoms with Gasteiger partial charge in [-0.15, -0.1) is 0 Å². The van der Waals surface area contributed by atoms with Crippen molar-refractivity contribution in [3.05, 3.63) is 0 Å². The molecule has 0 aromatic carbocycles. The summed E-state index contributed by atoms with van der Waals surface area (Å²) < 4.78 is 5.75. The molecule has 0 bridgehead atoms. The van der Waals surface area contributed by atoms with Gasteiger partial charge in [0, 0.05) is 6.54 Å². The first-order valence-corrected chi connectivity index (χ1v) is 6.55. The van der Waals surface area contributed by atoms with Crippen LogP contribution < -0.4 is 5.73 Å². The molecule has 0 aromatic heterocycles. The zero-order valence-corrected chi connectivity index (χ0v) is 10.9. The van der Waals surface area contributed by atoms with E-state index < -0.39 is 5.97 Å². The fraction of sp³-hybridized carbons (Fsp3) is 0.923. The van der Waals surface area contributed by atoms with Crippen molar-refractivity contribution in [2.75, 3.05) is 13.2 Å². The Kier molecular flexibility index (Phi) is 5.40. The number of carboxylic acid groups (broad SMARTS) is 1. The summed E-state index contributed by atoms with van der Waals surface area (Å²) in [6.45, 7) is 5.28. The van der Waals surface area contributed by atoms with Gasteiger partial charge in [-0.05, 0) is 37.5 Å². The molecule has 4 heteroatoms. The van der Waals surface area contributed by atoms with Gasteiger partial charge in [0.05, 0.1) is 18.6 Å². The third-order valence-electron chi connectivity index (χ3n) is 3.98. The van der Waals surface area contributed by atoms with E-state index in [2.05, 4.69) is 13.8 Å². The van der Waals surface area contributed by atoms with Crippen LogP contribution in [0.4, 0.5) is 0 Å². The summed E-state index contributed by atoms with van der Waals surface area (Å²) in [5, 5.41) is 8.60. The second-order valence-electron chi connectivity index (χ2n) is 5.46. The minimum Gasteiger partial charge on any atom is -0.481 e. The summed E-state index contributed by atoms with van der Waals surface area (Å²) >= 11 is 0. The third kappa shape index (κ3) is 4.28. The molecule has 1 aliphatic carbocycles. The molecule has 4 nitrogen and oxygen atoms in total. The maximum atomic E-state index is 10.5. The quantitative estimate of drug-likeness (QED) is 0.748. The molecule has 0 spiro atoms. The largest absolute Gasteiger partial charge is 0.481 e. The Labute approximate surface area is 104 Å². The first kappa shape index (κ1) is 14.5. The lowest BCUT2D eigenvalue weighted by Crippen LogP contribution is -2.45. The molecule has 0 unspecified atom stereocenters. The van der Waals surface area contributed by atoms with E-state index in [9.17, 15) is 4.79 Å². The van der Waals surface area contributed by atoms with Crippen LogP contribution in [0.5, 0.6) is 0 Å². The third-order valence-corrected chi connectivity index (χ3v) is 3.98. The van der Waals surface area contributed by atoms with Gasteiger partial charge in [-0.25, -0.2) is 0 Å². The standard InChI is InChI=1S/C13H25NO3/c1-10(2)11-3-6-13(9-14,7-4-11)17-8-5-12(15)16/h10-11H,3-9,14H2,1-2H3,(H,15,16). The molecule has 1 saturated carbocycles. The summed E-state index contributed by atoms with van der Waals surface area (Å²) in [6.07, 6.45) is 4.27. The topological polar surface area (TPSA) is 72.5 Å². The van der Waals surface area contributed by atoms with Crippen molar-refractivity contribution in [3.63, 3.8) is 0 Å². The molecule has 0 amide bonds. The van der Waals surface area contributed by atoms with Crippen LogP contribution in [0.1, 0.15) is 46.0 Å². The Balaban J connectivity index is 2.40. The molecular weight excluding hydrogens is 218 g/mol. The zero-order chi connectivity index (χ0) is 12.9. The van der Waals surface area contributed by atoms with E-state index in [-0.39, 0.29) is 18.6 Å². The highest BCUT2D eigenvalue weighted by atomic mass is 16.5. The van der Waals surface area contributed by atoms with Crippen LogP contribution in [0.3, 0.4) is 0 Å². The minimum absolute atomic E-state index is 0.0648. The Morgan fingerprint density at radius 1 is 1.47 bits per heavy atom. The molecule has 0 radical (unpaired) electrons. The van der Waals surface area contributed by atoms with E-state index in [4.69, 9.17) is 15.6 Å². The summed E-state index contributed by atoms with van der Waals surface area (Å²) in [5.41, 5.74) is 5.54. The van der Waals surface area contributed by atoms with Crippen molar-refractivity contribution >= 4 is 5.97 Å². The van der Waals surface area contributed by atoms with Gasteiger partial charge in [0.15, 0.2) is 0 Å². The van der Waals surface area contributed by atoms with Crippen LogP contribution in [-0.2, 0) is 9.53 Å². The highest BCUT2D eigenvalue weighted by Crippen LogP contribution is 2.37. The molecule has 3 N–H and O–H groups in total. The average Bonchev–Trinajstić information content (AvgIpc) is 2.29. The summed E-state index contributed by atoms with van der Waals surface area (Å²) in [5.74, 6) is 0.663. The number of carbonyl (C=O) groups is 1. The van der Waals surface area contributed by atoms with Gasteiger partial charge in [0.2, 0.25) is 0 Å². The summed E-state index contributed by atoms with van der Waals surface area (Å²) in [6, 6.07) is 0. The molecule has 17 heavy (non-hydrogen) atoms. The van der Waals surface area contributed by atoms with Gasteiger partial charge >= 0.3 is 5.97 Å². The van der Waals surface area contributed by atoms with Crippen molar-refractivity contribution in [1.82, 2.24) is 0 Å². The molecule has 1 aliphatic rings. The van der Waals surface area contributed by atoms with Gasteiger partial charge in [-0.3, -0.25) is 4.79 Å². The minimum atomic E-state index is -0.812. The Morgan fingerprint density at radius 2 is 2.06 bits per heavy atom. The number of rotatable bonds is 6. The van der Waals surface area contributed by atoms with Crippen LogP contribution >= 0.6 is 0 Å². The van der Waals surface area contributed by atoms with Gasteiger partial charge in [-0.1, -0.05) is 13.8 Å². The number of hydrogen-bond acceptors (Lipinski definition) is 3. The van der Waals surface area contributed by atoms with Crippen LogP contribution in [0.2, 0.25) is 0 Å². The van der Waals surface area contributed by atoms with Gasteiger partial charge in [0.1, 0.15) is 0 Å². The highest BCUT2D eigenvalue weighted by molar-refractivity contribution is 5.66. The lowest BCUT2D eigenvalue weighted by molar-refractivity contribution is -0.141. The van der Waals surface area contributed by atoms with Crippen LogP contribution in [0.15, 0.2) is 0 Å². The average molecular weight is 243 g/mol. The molecule has 0 aromatic rings. The maximum absolute atomic E-state index is 10.5. The van der Waals surface area contributed by atoms with E-state index >= 15 is 0 Å². The molecule has 0 heterocycles. The first-order chi connectivity index (χ1) is 7.99. The van der Waals surface area contributed by atoms with Crippen molar-refractivity contribution in [2.24, 2.45) is 17.6 Å². The number of hydrogen-bond donors (Lipinski definition) is 2. The lowest BCUT2D eigenvalue weighted by Gasteiger charge is -2.40. The molecule has 1 rings (SSSR count). The van der Waals surface area contributed by atoms with Crippen LogP contribution in [0, 0.1) is 11.8 Å². The number of carboxylic acids is 1. The van der Waals surface area contributed by atoms with Crippen molar-refractivity contribution < 1.29 is 14.6 Å². The van der Waals surface area contributed by atoms with Crippen LogP contribution in [0.25, 0.3) is 0 Å². The second kappa shape index (κ2) is 6.36. The number of nitrogens with two attached hydrogens (primary N) is 1. The maximum Gasteiger partial charge on any atom is 0.305 e. The monoisotopic (exact) mass is 243 g/mol. The van der Waals surface area contributed by atoms with E-state index in [1.165, 1.54) is 0 Å². The van der Waals surface area contributed by atoms with Crippen LogP contribution in [-0.4, -0.2) is 29.8 Å². The van der Waals surface area contributed by atoms with Gasteiger partial charge < -0.3 is 15.6 Å². The first-order valence-electron chi connectivity index (χ1n) is 6.55. The Bertz CT molecular complexity index is 245. The van der Waals surface area contributed by atoms with Gasteiger partial charge in [-0.2, -0.15) is 0 Å². The van der Waals surface area contributed by atoms with E-state index in [1.807, 2.05) is 0 Å². The molecular formula is C13H25NO3. The van der Waals surface area contributed by atoms with E-state index in [0.717, 1.165) is 31.6 Å². The summed E-state index contributed by atoms with van der Waals surface area (Å²) in [7, 11) is 0. The predicted molar refractivity (Wildman–Crippen MR) is 66.8 cm³/mol. The SMILES string of the molecule is CC(C)C1CCC(CN)(OCCC(=O)O)CC1. The van der Waals surface area contributed by atoms with Crippen molar-refractivity contribution in [3.8, 4) is 0 Å². The Morgan fingerprint density at radius 3 is 2.47 bits per heavy atom. The molecule has 100 valence electrons. The molecule has 0 aliphatic heterocycles. The summed E-state index contributed by atoms with van der Waals surface area (Å²) in [4.78, 5) is 10.5. The molecule has 0 atom stereocenters. The fourth-order valence-electron chi connectivity index (χ4n) is 2.60. The van der Waals surface area contributed by atoms with E-state index in [0.29, 0.717) is 12.5 Å². The Hall–Kier alpha value is -0.610.